The number of sulfonamides is 1. The Bertz CT molecular complexity index is 993. The van der Waals surface area contributed by atoms with Crippen LogP contribution in [0.4, 0.5) is 5.69 Å². The monoisotopic (exact) mass is 355 g/mol. The number of aryl methyl sites for hydroxylation is 2. The van der Waals surface area contributed by atoms with Gasteiger partial charge in [-0.3, -0.25) is 4.72 Å². The van der Waals surface area contributed by atoms with Gasteiger partial charge in [0.05, 0.1) is 27.7 Å². The molecule has 1 heterocycles. The van der Waals surface area contributed by atoms with Crippen LogP contribution in [0.15, 0.2) is 59.5 Å². The summed E-state index contributed by atoms with van der Waals surface area (Å²) in [7, 11) is -3.66. The third-order valence-electron chi connectivity index (χ3n) is 4.15. The summed E-state index contributed by atoms with van der Waals surface area (Å²) in [6, 6.07) is 16.6. The van der Waals surface area contributed by atoms with Crippen LogP contribution in [0.2, 0.25) is 0 Å². The average molecular weight is 355 g/mol. The van der Waals surface area contributed by atoms with E-state index in [4.69, 9.17) is 0 Å². The van der Waals surface area contributed by atoms with Gasteiger partial charge in [-0.15, -0.1) is 0 Å². The molecule has 0 fully saturated rings. The first-order valence-electron chi connectivity index (χ1n) is 8.16. The lowest BCUT2D eigenvalue weighted by Gasteiger charge is -2.10. The van der Waals surface area contributed by atoms with E-state index >= 15 is 0 Å². The molecule has 0 aliphatic rings. The molecule has 0 radical (unpaired) electrons. The number of para-hydroxylation sites is 1. The Kier molecular flexibility index (Phi) is 4.63. The van der Waals surface area contributed by atoms with Gasteiger partial charge in [0.1, 0.15) is 0 Å². The maximum Gasteiger partial charge on any atom is 0.262 e. The zero-order valence-electron chi connectivity index (χ0n) is 14.5. The zero-order chi connectivity index (χ0) is 18.0. The van der Waals surface area contributed by atoms with Crippen LogP contribution in [0.5, 0.6) is 0 Å². The van der Waals surface area contributed by atoms with E-state index in [0.29, 0.717) is 11.4 Å². The van der Waals surface area contributed by atoms with E-state index in [2.05, 4.69) is 9.82 Å². The third-order valence-corrected chi connectivity index (χ3v) is 5.49. The molecular weight excluding hydrogens is 334 g/mol. The standard InChI is InChI=1S/C19H21N3O2S/c1-4-16-9-8-12-18(13-16)25(23,24)21-19-14(2)20-22(15(19)3)17-10-6-5-7-11-17/h5-13,21H,4H2,1-3H3. The Labute approximate surface area is 148 Å². The van der Waals surface area contributed by atoms with Gasteiger partial charge in [0, 0.05) is 0 Å². The smallest absolute Gasteiger partial charge is 0.262 e. The van der Waals surface area contributed by atoms with Crippen LogP contribution < -0.4 is 4.72 Å². The SMILES string of the molecule is CCc1cccc(S(=O)(=O)Nc2c(C)nn(-c3ccccc3)c2C)c1. The van der Waals surface area contributed by atoms with Gasteiger partial charge < -0.3 is 0 Å². The van der Waals surface area contributed by atoms with Crippen molar-refractivity contribution >= 4 is 15.7 Å². The maximum absolute atomic E-state index is 12.8. The highest BCUT2D eigenvalue weighted by molar-refractivity contribution is 7.92. The van der Waals surface area contributed by atoms with Crippen molar-refractivity contribution in [1.82, 2.24) is 9.78 Å². The van der Waals surface area contributed by atoms with Crippen LogP contribution in [0.1, 0.15) is 23.9 Å². The van der Waals surface area contributed by atoms with Gasteiger partial charge in [-0.25, -0.2) is 13.1 Å². The normalized spacial score (nSPS) is 11.5. The minimum Gasteiger partial charge on any atom is -0.276 e. The third kappa shape index (κ3) is 3.44. The summed E-state index contributed by atoms with van der Waals surface area (Å²) in [5.41, 5.74) is 3.78. The molecule has 6 heteroatoms. The van der Waals surface area contributed by atoms with Gasteiger partial charge >= 0.3 is 0 Å². The van der Waals surface area contributed by atoms with Gasteiger partial charge in [-0.1, -0.05) is 37.3 Å². The molecule has 0 saturated heterocycles. The van der Waals surface area contributed by atoms with Crippen LogP contribution in [-0.4, -0.2) is 18.2 Å². The number of aromatic nitrogens is 2. The Balaban J connectivity index is 1.99. The van der Waals surface area contributed by atoms with E-state index < -0.39 is 10.0 Å². The van der Waals surface area contributed by atoms with Crippen molar-refractivity contribution in [1.29, 1.82) is 0 Å². The van der Waals surface area contributed by atoms with Crippen LogP contribution in [0, 0.1) is 13.8 Å². The molecule has 2 aromatic carbocycles. The zero-order valence-corrected chi connectivity index (χ0v) is 15.3. The van der Waals surface area contributed by atoms with Crippen LogP contribution in [-0.2, 0) is 16.4 Å². The number of rotatable bonds is 5. The number of benzene rings is 2. The Hall–Kier alpha value is -2.60. The number of nitrogens with zero attached hydrogens (tertiary/aromatic N) is 2. The highest BCUT2D eigenvalue weighted by Crippen LogP contribution is 2.26. The van der Waals surface area contributed by atoms with Crippen LogP contribution >= 0.6 is 0 Å². The summed E-state index contributed by atoms with van der Waals surface area (Å²) in [6.07, 6.45) is 0.785. The Morgan fingerprint density at radius 3 is 2.44 bits per heavy atom. The fourth-order valence-corrected chi connectivity index (χ4v) is 3.98. The molecule has 1 aromatic heterocycles. The lowest BCUT2D eigenvalue weighted by atomic mass is 10.2. The Morgan fingerprint density at radius 2 is 1.76 bits per heavy atom. The molecule has 0 unspecified atom stereocenters. The summed E-state index contributed by atoms with van der Waals surface area (Å²) >= 11 is 0. The van der Waals surface area contributed by atoms with Gasteiger partial charge in [0.15, 0.2) is 0 Å². The summed E-state index contributed by atoms with van der Waals surface area (Å²) in [4.78, 5) is 0.262. The number of nitrogens with one attached hydrogen (secondary N) is 1. The summed E-state index contributed by atoms with van der Waals surface area (Å²) in [5, 5.41) is 4.48. The minimum atomic E-state index is -3.66. The molecule has 5 nitrogen and oxygen atoms in total. The van der Waals surface area contributed by atoms with E-state index in [-0.39, 0.29) is 4.90 Å². The molecule has 0 aliphatic heterocycles. The second-order valence-corrected chi connectivity index (χ2v) is 7.58. The highest BCUT2D eigenvalue weighted by atomic mass is 32.2. The van der Waals surface area contributed by atoms with Gasteiger partial charge in [0.2, 0.25) is 0 Å². The quantitative estimate of drug-likeness (QED) is 0.756. The van der Waals surface area contributed by atoms with Crippen molar-refractivity contribution in [2.45, 2.75) is 32.1 Å². The fourth-order valence-electron chi connectivity index (χ4n) is 2.74. The lowest BCUT2D eigenvalue weighted by Crippen LogP contribution is -2.14. The van der Waals surface area contributed by atoms with E-state index in [0.717, 1.165) is 23.4 Å². The fraction of sp³-hybridized carbons (Fsp3) is 0.211. The van der Waals surface area contributed by atoms with Crippen molar-refractivity contribution in [3.05, 3.63) is 71.5 Å². The van der Waals surface area contributed by atoms with Crippen molar-refractivity contribution in [3.63, 3.8) is 0 Å². The molecule has 25 heavy (non-hydrogen) atoms. The number of hydrogen-bond acceptors (Lipinski definition) is 3. The molecular formula is C19H21N3O2S. The predicted molar refractivity (Wildman–Crippen MR) is 99.7 cm³/mol. The average Bonchev–Trinajstić information content (AvgIpc) is 2.90. The van der Waals surface area contributed by atoms with Gasteiger partial charge in [-0.05, 0) is 50.1 Å². The predicted octanol–water partition coefficient (Wildman–Crippen LogP) is 3.85. The first-order valence-corrected chi connectivity index (χ1v) is 9.64. The molecule has 0 aliphatic carbocycles. The van der Waals surface area contributed by atoms with E-state index in [1.165, 1.54) is 0 Å². The van der Waals surface area contributed by atoms with Gasteiger partial charge in [-0.2, -0.15) is 5.10 Å². The topological polar surface area (TPSA) is 64.0 Å². The second kappa shape index (κ2) is 6.72. The molecule has 3 aromatic rings. The molecule has 0 spiro atoms. The van der Waals surface area contributed by atoms with Crippen molar-refractivity contribution < 1.29 is 8.42 Å². The first-order chi connectivity index (χ1) is 11.9. The molecule has 0 amide bonds. The number of anilines is 1. The number of hydrogen-bond donors (Lipinski definition) is 1. The van der Waals surface area contributed by atoms with E-state index in [1.807, 2.05) is 50.2 Å². The highest BCUT2D eigenvalue weighted by Gasteiger charge is 2.20. The molecule has 130 valence electrons. The summed E-state index contributed by atoms with van der Waals surface area (Å²) < 4.78 is 30.0. The summed E-state index contributed by atoms with van der Waals surface area (Å²) in [5.74, 6) is 0. The van der Waals surface area contributed by atoms with Crippen molar-refractivity contribution in [3.8, 4) is 5.69 Å². The van der Waals surface area contributed by atoms with Crippen LogP contribution in [0.3, 0.4) is 0 Å². The minimum absolute atomic E-state index is 0.262. The molecule has 3 rings (SSSR count). The van der Waals surface area contributed by atoms with E-state index in [1.54, 1.807) is 29.8 Å². The lowest BCUT2D eigenvalue weighted by molar-refractivity contribution is 0.601. The van der Waals surface area contributed by atoms with Crippen molar-refractivity contribution in [2.75, 3.05) is 4.72 Å². The summed E-state index contributed by atoms with van der Waals surface area (Å²) in [6.45, 7) is 5.65. The van der Waals surface area contributed by atoms with Crippen molar-refractivity contribution in [2.24, 2.45) is 0 Å². The molecule has 0 atom stereocenters. The molecule has 0 bridgehead atoms. The van der Waals surface area contributed by atoms with Gasteiger partial charge in [0.25, 0.3) is 10.0 Å². The first kappa shape index (κ1) is 17.2. The second-order valence-electron chi connectivity index (χ2n) is 5.90. The molecule has 0 saturated carbocycles. The maximum atomic E-state index is 12.8. The van der Waals surface area contributed by atoms with E-state index in [9.17, 15) is 8.42 Å². The largest absolute Gasteiger partial charge is 0.276 e. The Morgan fingerprint density at radius 1 is 1.04 bits per heavy atom. The molecule has 1 N–H and O–H groups in total. The van der Waals surface area contributed by atoms with Crippen LogP contribution in [0.25, 0.3) is 5.69 Å².